The maximum absolute atomic E-state index is 13.5. The molecule has 3 fully saturated rings. The lowest BCUT2D eigenvalue weighted by Gasteiger charge is -2.40. The van der Waals surface area contributed by atoms with Crippen molar-refractivity contribution in [3.63, 3.8) is 0 Å². The summed E-state index contributed by atoms with van der Waals surface area (Å²) in [6.45, 7) is 3.99. The minimum absolute atomic E-state index is 0.0169. The predicted octanol–water partition coefficient (Wildman–Crippen LogP) is 5.33. The highest BCUT2D eigenvalue weighted by atomic mass is 79.9. The number of ketones is 1. The molecule has 2 amide bonds. The van der Waals surface area contributed by atoms with E-state index in [1.54, 1.807) is 12.3 Å². The summed E-state index contributed by atoms with van der Waals surface area (Å²) in [6, 6.07) is 5.96. The number of carbonyl (C=O) groups excluding carboxylic acids is 3. The summed E-state index contributed by atoms with van der Waals surface area (Å²) in [6.07, 6.45) is 8.13. The van der Waals surface area contributed by atoms with Gasteiger partial charge in [0.1, 0.15) is 5.82 Å². The number of nitrogens with two attached hydrogens (primary N) is 1. The zero-order valence-electron chi connectivity index (χ0n) is 21.6. The second-order valence-electron chi connectivity index (χ2n) is 10.8. The first-order valence-electron chi connectivity index (χ1n) is 13.4. The van der Waals surface area contributed by atoms with Crippen molar-refractivity contribution < 1.29 is 14.4 Å². The summed E-state index contributed by atoms with van der Waals surface area (Å²) in [5.41, 5.74) is 7.20. The number of rotatable bonds is 9. The second kappa shape index (κ2) is 10.8. The van der Waals surface area contributed by atoms with Crippen LogP contribution in [0, 0.1) is 5.92 Å². The van der Waals surface area contributed by atoms with E-state index in [2.05, 4.69) is 36.4 Å². The van der Waals surface area contributed by atoms with Gasteiger partial charge in [-0.2, -0.15) is 0 Å². The summed E-state index contributed by atoms with van der Waals surface area (Å²) in [5, 5.41) is 6.60. The van der Waals surface area contributed by atoms with E-state index in [4.69, 9.17) is 17.3 Å². The molecular formula is C28H33BrClN5O3. The molecule has 0 radical (unpaired) electrons. The number of halogens is 2. The normalized spacial score (nSPS) is 23.2. The number of hydrogen-bond donors (Lipinski definition) is 3. The highest BCUT2D eigenvalue weighted by Crippen LogP contribution is 2.40. The third kappa shape index (κ3) is 5.27. The van der Waals surface area contributed by atoms with Gasteiger partial charge in [0.15, 0.2) is 5.78 Å². The Bertz CT molecular complexity index is 1250. The number of amides is 2. The smallest absolute Gasteiger partial charge is 0.254 e. The molecule has 38 heavy (non-hydrogen) atoms. The predicted molar refractivity (Wildman–Crippen MR) is 152 cm³/mol. The largest absolute Gasteiger partial charge is 0.381 e. The molecule has 3 heterocycles. The van der Waals surface area contributed by atoms with Crippen LogP contribution >= 0.6 is 27.5 Å². The Labute approximate surface area is 236 Å². The quantitative estimate of drug-likeness (QED) is 0.334. The third-order valence-electron chi connectivity index (χ3n) is 8.03. The standard InChI is InChI=1S/C28H33BrClN5O3/c1-3-14(2)33-25-20(27(31)37)12-21(29)23(24(25)30)28(38)34-17-10-18-7-8-19(11-17)35(18)22-9-6-16(13-32-22)26(36)15-4-5-15/h6,9,12-15,17-19,33H,3-5,7-8,10-11H2,1-2H3,(H2,31,37)(H,34,38)/t14-,17?,18?,19?/m1/s1. The van der Waals surface area contributed by atoms with Crippen molar-refractivity contribution in [3.05, 3.63) is 50.6 Å². The molecule has 4 N–H and O–H groups in total. The first-order chi connectivity index (χ1) is 18.2. The van der Waals surface area contributed by atoms with Crippen LogP contribution in [-0.4, -0.2) is 46.7 Å². The molecule has 1 aromatic carbocycles. The number of piperidine rings is 1. The van der Waals surface area contributed by atoms with Crippen molar-refractivity contribution in [2.24, 2.45) is 11.7 Å². The van der Waals surface area contributed by atoms with E-state index in [-0.39, 0.29) is 57.9 Å². The van der Waals surface area contributed by atoms with Crippen LogP contribution in [0.2, 0.25) is 5.02 Å². The lowest BCUT2D eigenvalue weighted by atomic mass is 9.96. The minimum Gasteiger partial charge on any atom is -0.381 e. The first kappa shape index (κ1) is 26.9. The van der Waals surface area contributed by atoms with Gasteiger partial charge in [0.25, 0.3) is 11.8 Å². The highest BCUT2D eigenvalue weighted by molar-refractivity contribution is 9.10. The van der Waals surface area contributed by atoms with E-state index in [1.165, 1.54) is 0 Å². The van der Waals surface area contributed by atoms with Crippen molar-refractivity contribution in [1.82, 2.24) is 10.3 Å². The molecule has 1 aromatic heterocycles. The van der Waals surface area contributed by atoms with Crippen LogP contribution < -0.4 is 21.3 Å². The van der Waals surface area contributed by atoms with Gasteiger partial charge in [-0.1, -0.05) is 18.5 Å². The molecule has 2 aromatic rings. The number of anilines is 2. The minimum atomic E-state index is -0.618. The van der Waals surface area contributed by atoms with Crippen molar-refractivity contribution in [3.8, 4) is 0 Å². The van der Waals surface area contributed by atoms with Crippen molar-refractivity contribution in [1.29, 1.82) is 0 Å². The molecule has 5 rings (SSSR count). The van der Waals surface area contributed by atoms with Crippen LogP contribution in [0.4, 0.5) is 11.5 Å². The van der Waals surface area contributed by atoms with Gasteiger partial charge in [0.05, 0.1) is 21.8 Å². The number of aromatic nitrogens is 1. The number of primary amides is 1. The zero-order chi connectivity index (χ0) is 27.1. The monoisotopic (exact) mass is 601 g/mol. The topological polar surface area (TPSA) is 117 Å². The number of hydrogen-bond acceptors (Lipinski definition) is 6. The number of carbonyl (C=O) groups is 3. The van der Waals surface area contributed by atoms with Crippen molar-refractivity contribution in [2.75, 3.05) is 10.2 Å². The van der Waals surface area contributed by atoms with Crippen molar-refractivity contribution in [2.45, 2.75) is 83.0 Å². The molecule has 10 heteroatoms. The molecule has 3 aliphatic rings. The van der Waals surface area contributed by atoms with Crippen LogP contribution in [0.5, 0.6) is 0 Å². The number of Topliss-reactive ketones (excluding diaryl/α,β-unsaturated/α-hetero) is 1. The van der Waals surface area contributed by atoms with Gasteiger partial charge in [0.2, 0.25) is 0 Å². The van der Waals surface area contributed by atoms with Gasteiger partial charge in [-0.05, 0) is 86.0 Å². The molecule has 2 unspecified atom stereocenters. The maximum Gasteiger partial charge on any atom is 0.254 e. The third-order valence-corrected chi connectivity index (χ3v) is 9.03. The van der Waals surface area contributed by atoms with Gasteiger partial charge in [-0.3, -0.25) is 14.4 Å². The number of nitrogens with one attached hydrogen (secondary N) is 2. The summed E-state index contributed by atoms with van der Waals surface area (Å²) in [5.74, 6) is 0.366. The number of fused-ring (bicyclic) bond motifs is 2. The molecule has 202 valence electrons. The fourth-order valence-electron chi connectivity index (χ4n) is 5.70. The summed E-state index contributed by atoms with van der Waals surface area (Å²) < 4.78 is 0.425. The molecule has 1 aliphatic carbocycles. The maximum atomic E-state index is 13.5. The molecular weight excluding hydrogens is 570 g/mol. The Morgan fingerprint density at radius 3 is 2.42 bits per heavy atom. The fourth-order valence-corrected chi connectivity index (χ4v) is 6.77. The summed E-state index contributed by atoms with van der Waals surface area (Å²) in [4.78, 5) is 44.9. The van der Waals surface area contributed by atoms with E-state index in [9.17, 15) is 14.4 Å². The van der Waals surface area contributed by atoms with Gasteiger partial charge < -0.3 is 21.3 Å². The molecule has 0 spiro atoms. The van der Waals surface area contributed by atoms with Gasteiger partial charge in [-0.15, -0.1) is 0 Å². The van der Waals surface area contributed by atoms with Crippen LogP contribution in [0.15, 0.2) is 28.9 Å². The average molecular weight is 603 g/mol. The van der Waals surface area contributed by atoms with Crippen LogP contribution in [0.3, 0.4) is 0 Å². The Hall–Kier alpha value is -2.65. The molecule has 2 saturated heterocycles. The second-order valence-corrected chi connectivity index (χ2v) is 12.0. The molecule has 2 aliphatic heterocycles. The van der Waals surface area contributed by atoms with Gasteiger partial charge in [-0.25, -0.2) is 4.98 Å². The average Bonchev–Trinajstić information content (AvgIpc) is 3.70. The fraction of sp³-hybridized carbons (Fsp3) is 0.500. The van der Waals surface area contributed by atoms with Crippen LogP contribution in [0.25, 0.3) is 0 Å². The van der Waals surface area contributed by atoms with E-state index < -0.39 is 5.91 Å². The zero-order valence-corrected chi connectivity index (χ0v) is 23.9. The van der Waals surface area contributed by atoms with Crippen LogP contribution in [0.1, 0.15) is 89.9 Å². The summed E-state index contributed by atoms with van der Waals surface area (Å²) >= 11 is 10.1. The molecule has 1 saturated carbocycles. The number of nitrogens with zero attached hydrogens (tertiary/aromatic N) is 2. The number of benzene rings is 1. The molecule has 2 bridgehead atoms. The highest BCUT2D eigenvalue weighted by Gasteiger charge is 2.42. The Balaban J connectivity index is 1.30. The molecule has 8 nitrogen and oxygen atoms in total. The lowest BCUT2D eigenvalue weighted by molar-refractivity contribution is 0.0923. The van der Waals surface area contributed by atoms with Gasteiger partial charge >= 0.3 is 0 Å². The van der Waals surface area contributed by atoms with Crippen molar-refractivity contribution >= 4 is 56.6 Å². The van der Waals surface area contributed by atoms with Gasteiger partial charge in [0, 0.05) is 46.3 Å². The van der Waals surface area contributed by atoms with Crippen LogP contribution in [-0.2, 0) is 0 Å². The SMILES string of the molecule is CC[C@@H](C)Nc1c(C(N)=O)cc(Br)c(C(=O)NC2CC3CCC(C2)N3c2ccc(C(=O)C3CC3)cn2)c1Cl. The van der Waals surface area contributed by atoms with E-state index in [1.807, 2.05) is 26.0 Å². The lowest BCUT2D eigenvalue weighted by Crippen LogP contribution is -2.50. The first-order valence-corrected chi connectivity index (χ1v) is 14.5. The number of pyridine rings is 1. The molecule has 3 atom stereocenters. The van der Waals surface area contributed by atoms with E-state index in [0.29, 0.717) is 15.7 Å². The Morgan fingerprint density at radius 2 is 1.87 bits per heavy atom. The van der Waals surface area contributed by atoms with E-state index >= 15 is 0 Å². The van der Waals surface area contributed by atoms with E-state index in [0.717, 1.165) is 50.8 Å². The summed E-state index contributed by atoms with van der Waals surface area (Å²) in [7, 11) is 0. The Kier molecular flexibility index (Phi) is 7.69. The Morgan fingerprint density at radius 1 is 1.18 bits per heavy atom.